The summed E-state index contributed by atoms with van der Waals surface area (Å²) in [6, 6.07) is 9.23. The standard InChI is InChI=1S/C21H29N5O3/c1-2-29-19-8-4-3-7-17(19)16-25-14-11-23-21(28)18(25)15-20(27)22-9-5-12-26-13-6-10-24-26/h3-4,6-8,10,13,18H,2,5,9,11-12,14-16H2,1H3,(H,22,27)(H,23,28)/t18-/m0/s1. The fourth-order valence-electron chi connectivity index (χ4n) is 3.47. The van der Waals surface area contributed by atoms with Crippen molar-refractivity contribution in [2.24, 2.45) is 0 Å². The van der Waals surface area contributed by atoms with Crippen LogP contribution in [-0.4, -0.2) is 58.8 Å². The maximum atomic E-state index is 12.5. The third-order valence-corrected chi connectivity index (χ3v) is 4.91. The topological polar surface area (TPSA) is 88.5 Å². The fraction of sp³-hybridized carbons (Fsp3) is 0.476. The third-order valence-electron chi connectivity index (χ3n) is 4.91. The van der Waals surface area contributed by atoms with Crippen molar-refractivity contribution in [1.82, 2.24) is 25.3 Å². The van der Waals surface area contributed by atoms with Gasteiger partial charge in [0.2, 0.25) is 11.8 Å². The van der Waals surface area contributed by atoms with Gasteiger partial charge in [0.25, 0.3) is 0 Å². The van der Waals surface area contributed by atoms with Gasteiger partial charge in [-0.25, -0.2) is 0 Å². The summed E-state index contributed by atoms with van der Waals surface area (Å²) in [5.41, 5.74) is 1.02. The van der Waals surface area contributed by atoms with Crippen LogP contribution in [0.2, 0.25) is 0 Å². The molecule has 8 nitrogen and oxygen atoms in total. The van der Waals surface area contributed by atoms with Gasteiger partial charge in [0.15, 0.2) is 0 Å². The lowest BCUT2D eigenvalue weighted by molar-refractivity contribution is -0.134. The minimum atomic E-state index is -0.482. The molecule has 0 radical (unpaired) electrons. The first kappa shape index (κ1) is 20.9. The van der Waals surface area contributed by atoms with E-state index in [2.05, 4.69) is 20.6 Å². The van der Waals surface area contributed by atoms with E-state index in [4.69, 9.17) is 4.74 Å². The van der Waals surface area contributed by atoms with Gasteiger partial charge in [0.1, 0.15) is 5.75 Å². The van der Waals surface area contributed by atoms with Crippen molar-refractivity contribution < 1.29 is 14.3 Å². The number of hydrogen-bond donors (Lipinski definition) is 2. The predicted octanol–water partition coefficient (Wildman–Crippen LogP) is 1.18. The van der Waals surface area contributed by atoms with Crippen LogP contribution in [0.1, 0.15) is 25.3 Å². The number of nitrogens with zero attached hydrogens (tertiary/aromatic N) is 3. The molecular weight excluding hydrogens is 370 g/mol. The highest BCUT2D eigenvalue weighted by Gasteiger charge is 2.31. The maximum Gasteiger partial charge on any atom is 0.237 e. The maximum absolute atomic E-state index is 12.5. The van der Waals surface area contributed by atoms with E-state index in [1.165, 1.54) is 0 Å². The predicted molar refractivity (Wildman–Crippen MR) is 109 cm³/mol. The number of benzene rings is 1. The summed E-state index contributed by atoms with van der Waals surface area (Å²) in [6.07, 6.45) is 4.56. The molecular formula is C21H29N5O3. The molecule has 1 aromatic carbocycles. The van der Waals surface area contributed by atoms with Crippen molar-refractivity contribution in [2.75, 3.05) is 26.2 Å². The van der Waals surface area contributed by atoms with Crippen LogP contribution in [0.5, 0.6) is 5.75 Å². The number of amides is 2. The van der Waals surface area contributed by atoms with Gasteiger partial charge in [-0.2, -0.15) is 5.10 Å². The van der Waals surface area contributed by atoms with E-state index in [0.29, 0.717) is 32.8 Å². The number of piperazine rings is 1. The molecule has 1 aliphatic heterocycles. The molecule has 29 heavy (non-hydrogen) atoms. The molecule has 1 aliphatic rings. The summed E-state index contributed by atoms with van der Waals surface area (Å²) >= 11 is 0. The van der Waals surface area contributed by atoms with E-state index >= 15 is 0 Å². The molecule has 8 heteroatoms. The number of rotatable bonds is 10. The normalized spacial score (nSPS) is 17.0. The van der Waals surface area contributed by atoms with Crippen LogP contribution < -0.4 is 15.4 Å². The van der Waals surface area contributed by atoms with E-state index in [1.807, 2.05) is 48.1 Å². The van der Waals surface area contributed by atoms with Crippen LogP contribution in [0.25, 0.3) is 0 Å². The van der Waals surface area contributed by atoms with E-state index in [0.717, 1.165) is 24.3 Å². The SMILES string of the molecule is CCOc1ccccc1CN1CCNC(=O)[C@@H]1CC(=O)NCCCn1cccn1. The molecule has 156 valence electrons. The van der Waals surface area contributed by atoms with E-state index in [1.54, 1.807) is 6.20 Å². The summed E-state index contributed by atoms with van der Waals surface area (Å²) in [5.74, 6) is 0.607. The van der Waals surface area contributed by atoms with Gasteiger partial charge >= 0.3 is 0 Å². The zero-order valence-electron chi connectivity index (χ0n) is 16.8. The first-order chi connectivity index (χ1) is 14.2. The Morgan fingerprint density at radius 3 is 3.00 bits per heavy atom. The van der Waals surface area contributed by atoms with Gasteiger partial charge < -0.3 is 15.4 Å². The Bertz CT molecular complexity index is 793. The summed E-state index contributed by atoms with van der Waals surface area (Å²) in [7, 11) is 0. The average molecular weight is 399 g/mol. The molecule has 1 aromatic heterocycles. The van der Waals surface area contributed by atoms with Crippen molar-refractivity contribution in [3.8, 4) is 5.75 Å². The number of carbonyl (C=O) groups is 2. The molecule has 1 saturated heterocycles. The second-order valence-corrected chi connectivity index (χ2v) is 6.99. The fourth-order valence-corrected chi connectivity index (χ4v) is 3.47. The summed E-state index contributed by atoms with van der Waals surface area (Å²) in [6.45, 7) is 5.69. The molecule has 3 rings (SSSR count). The van der Waals surface area contributed by atoms with Gasteiger partial charge in [-0.05, 0) is 25.5 Å². The minimum Gasteiger partial charge on any atom is -0.494 e. The van der Waals surface area contributed by atoms with Gasteiger partial charge in [0.05, 0.1) is 19.1 Å². The Balaban J connectivity index is 1.54. The number of hydrogen-bond acceptors (Lipinski definition) is 5. The molecule has 2 heterocycles. The molecule has 0 saturated carbocycles. The lowest BCUT2D eigenvalue weighted by Crippen LogP contribution is -2.56. The largest absolute Gasteiger partial charge is 0.494 e. The minimum absolute atomic E-state index is 0.100. The highest BCUT2D eigenvalue weighted by molar-refractivity contribution is 5.88. The van der Waals surface area contributed by atoms with Crippen LogP contribution in [0.4, 0.5) is 0 Å². The molecule has 1 atom stereocenters. The number of para-hydroxylation sites is 1. The molecule has 1 fully saturated rings. The first-order valence-electron chi connectivity index (χ1n) is 10.1. The number of nitrogens with one attached hydrogen (secondary N) is 2. The van der Waals surface area contributed by atoms with Crippen LogP contribution in [0, 0.1) is 0 Å². The molecule has 0 aliphatic carbocycles. The monoisotopic (exact) mass is 399 g/mol. The Morgan fingerprint density at radius 1 is 1.34 bits per heavy atom. The van der Waals surface area contributed by atoms with Crippen molar-refractivity contribution in [3.05, 3.63) is 48.3 Å². The van der Waals surface area contributed by atoms with Gasteiger partial charge in [-0.15, -0.1) is 0 Å². The number of ether oxygens (including phenoxy) is 1. The second kappa shape index (κ2) is 10.6. The molecule has 0 bridgehead atoms. The lowest BCUT2D eigenvalue weighted by Gasteiger charge is -2.35. The van der Waals surface area contributed by atoms with Crippen LogP contribution in [-0.2, 0) is 22.7 Å². The highest BCUT2D eigenvalue weighted by Crippen LogP contribution is 2.22. The van der Waals surface area contributed by atoms with Crippen molar-refractivity contribution >= 4 is 11.8 Å². The number of aryl methyl sites for hydroxylation is 1. The van der Waals surface area contributed by atoms with Crippen LogP contribution >= 0.6 is 0 Å². The number of aromatic nitrogens is 2. The zero-order chi connectivity index (χ0) is 20.5. The summed E-state index contributed by atoms with van der Waals surface area (Å²) in [5, 5.41) is 9.93. The van der Waals surface area contributed by atoms with Crippen molar-refractivity contribution in [3.63, 3.8) is 0 Å². The summed E-state index contributed by atoms with van der Waals surface area (Å²) in [4.78, 5) is 26.9. The molecule has 2 N–H and O–H groups in total. The third kappa shape index (κ3) is 6.05. The molecule has 2 aromatic rings. The Labute approximate surface area is 171 Å². The highest BCUT2D eigenvalue weighted by atomic mass is 16.5. The Kier molecular flexibility index (Phi) is 7.63. The lowest BCUT2D eigenvalue weighted by atomic mass is 10.1. The molecule has 0 spiro atoms. The van der Waals surface area contributed by atoms with Gasteiger partial charge in [-0.3, -0.25) is 19.2 Å². The van der Waals surface area contributed by atoms with E-state index < -0.39 is 6.04 Å². The van der Waals surface area contributed by atoms with Crippen LogP contribution in [0.3, 0.4) is 0 Å². The van der Waals surface area contributed by atoms with Gasteiger partial charge in [0, 0.05) is 50.7 Å². The smallest absolute Gasteiger partial charge is 0.237 e. The number of carbonyl (C=O) groups excluding carboxylic acids is 2. The first-order valence-corrected chi connectivity index (χ1v) is 10.1. The van der Waals surface area contributed by atoms with Crippen LogP contribution in [0.15, 0.2) is 42.7 Å². The van der Waals surface area contributed by atoms with E-state index in [9.17, 15) is 9.59 Å². The van der Waals surface area contributed by atoms with E-state index in [-0.39, 0.29) is 18.2 Å². The quantitative estimate of drug-likeness (QED) is 0.586. The molecule has 0 unspecified atom stereocenters. The zero-order valence-corrected chi connectivity index (χ0v) is 16.8. The molecule has 2 amide bonds. The Hall–Kier alpha value is -2.87. The van der Waals surface area contributed by atoms with Crippen molar-refractivity contribution in [2.45, 2.75) is 38.9 Å². The van der Waals surface area contributed by atoms with Gasteiger partial charge in [-0.1, -0.05) is 18.2 Å². The second-order valence-electron chi connectivity index (χ2n) is 6.99. The van der Waals surface area contributed by atoms with Crippen molar-refractivity contribution in [1.29, 1.82) is 0 Å². The average Bonchev–Trinajstić information content (AvgIpc) is 3.23. The Morgan fingerprint density at radius 2 is 2.21 bits per heavy atom. The summed E-state index contributed by atoms with van der Waals surface area (Å²) < 4.78 is 7.54.